The van der Waals surface area contributed by atoms with E-state index in [-0.39, 0.29) is 0 Å². The van der Waals surface area contributed by atoms with Gasteiger partial charge in [0.2, 0.25) is 0 Å². The summed E-state index contributed by atoms with van der Waals surface area (Å²) in [6, 6.07) is 14.4. The van der Waals surface area contributed by atoms with E-state index in [2.05, 4.69) is 51.9 Å². The number of aryl methyl sites for hydroxylation is 1. The van der Waals surface area contributed by atoms with Gasteiger partial charge in [0.15, 0.2) is 0 Å². The minimum atomic E-state index is 0.873. The zero-order valence-electron chi connectivity index (χ0n) is 11.9. The highest BCUT2D eigenvalue weighted by atomic mass is 16.5. The number of nitrogens with zero attached hydrogens (tertiary/aromatic N) is 2. The molecule has 4 heteroatoms. The van der Waals surface area contributed by atoms with Gasteiger partial charge in [-0.1, -0.05) is 0 Å². The van der Waals surface area contributed by atoms with Gasteiger partial charge in [-0.05, 0) is 42.5 Å². The Labute approximate surface area is 122 Å². The predicted molar refractivity (Wildman–Crippen MR) is 84.6 cm³/mol. The smallest absolute Gasteiger partial charge is 0.137 e. The van der Waals surface area contributed by atoms with Gasteiger partial charge in [-0.3, -0.25) is 0 Å². The van der Waals surface area contributed by atoms with Crippen molar-refractivity contribution in [2.75, 3.05) is 7.11 Å². The molecule has 0 unspecified atom stereocenters. The molecule has 0 saturated carbocycles. The van der Waals surface area contributed by atoms with E-state index in [0.717, 1.165) is 28.2 Å². The Hall–Kier alpha value is -2.75. The van der Waals surface area contributed by atoms with E-state index in [1.165, 1.54) is 10.9 Å². The number of hydrogen-bond donors (Lipinski definition) is 1. The monoisotopic (exact) mass is 277 g/mol. The van der Waals surface area contributed by atoms with Gasteiger partial charge in [0, 0.05) is 29.5 Å². The van der Waals surface area contributed by atoms with Crippen molar-refractivity contribution in [3.8, 4) is 17.1 Å². The lowest BCUT2D eigenvalue weighted by Gasteiger charge is -2.02. The summed E-state index contributed by atoms with van der Waals surface area (Å²) in [5.41, 5.74) is 4.30. The van der Waals surface area contributed by atoms with Crippen molar-refractivity contribution < 1.29 is 4.74 Å². The van der Waals surface area contributed by atoms with E-state index in [1.807, 2.05) is 12.1 Å². The second kappa shape index (κ2) is 4.38. The van der Waals surface area contributed by atoms with Crippen molar-refractivity contribution in [1.82, 2.24) is 14.5 Å². The van der Waals surface area contributed by atoms with Gasteiger partial charge >= 0.3 is 0 Å². The van der Waals surface area contributed by atoms with Crippen LogP contribution in [0.2, 0.25) is 0 Å². The molecule has 0 amide bonds. The number of aromatic amines is 1. The van der Waals surface area contributed by atoms with Crippen LogP contribution in [0.1, 0.15) is 0 Å². The van der Waals surface area contributed by atoms with Gasteiger partial charge in [0.05, 0.1) is 18.5 Å². The fraction of sp³-hybridized carbons (Fsp3) is 0.118. The van der Waals surface area contributed by atoms with Crippen molar-refractivity contribution in [2.45, 2.75) is 0 Å². The molecular weight excluding hydrogens is 262 g/mol. The van der Waals surface area contributed by atoms with Gasteiger partial charge in [0.25, 0.3) is 0 Å². The Bertz CT molecular complexity index is 916. The molecule has 0 aliphatic carbocycles. The summed E-state index contributed by atoms with van der Waals surface area (Å²) in [7, 11) is 3.76. The SMILES string of the molecule is COc1ccc2c(c1)cc(-c1cc3cccnc3[nH]1)n2C. The molecule has 21 heavy (non-hydrogen) atoms. The minimum Gasteiger partial charge on any atom is -0.497 e. The number of rotatable bonds is 2. The highest BCUT2D eigenvalue weighted by molar-refractivity contribution is 5.90. The maximum absolute atomic E-state index is 5.30. The number of H-pyrrole nitrogens is 1. The average Bonchev–Trinajstić information content (AvgIpc) is 3.08. The molecule has 104 valence electrons. The molecule has 3 aromatic heterocycles. The first kappa shape index (κ1) is 12.0. The van der Waals surface area contributed by atoms with Gasteiger partial charge in [-0.2, -0.15) is 0 Å². The van der Waals surface area contributed by atoms with Crippen LogP contribution in [-0.4, -0.2) is 21.6 Å². The Kier molecular flexibility index (Phi) is 2.51. The Balaban J connectivity index is 1.94. The molecule has 3 heterocycles. The van der Waals surface area contributed by atoms with E-state index in [9.17, 15) is 0 Å². The lowest BCUT2D eigenvalue weighted by atomic mass is 10.2. The fourth-order valence-corrected chi connectivity index (χ4v) is 2.81. The molecular formula is C17H15N3O. The van der Waals surface area contributed by atoms with Crippen molar-refractivity contribution in [3.63, 3.8) is 0 Å². The van der Waals surface area contributed by atoms with E-state index >= 15 is 0 Å². The maximum atomic E-state index is 5.30. The number of pyridine rings is 1. The third-order valence-electron chi connectivity index (χ3n) is 3.92. The van der Waals surface area contributed by atoms with Crippen LogP contribution in [0, 0.1) is 0 Å². The van der Waals surface area contributed by atoms with Crippen molar-refractivity contribution in [2.24, 2.45) is 7.05 Å². The van der Waals surface area contributed by atoms with Crippen LogP contribution in [0.4, 0.5) is 0 Å². The number of aromatic nitrogens is 3. The molecule has 0 bridgehead atoms. The number of benzene rings is 1. The van der Waals surface area contributed by atoms with Crippen LogP contribution < -0.4 is 4.74 Å². The summed E-state index contributed by atoms with van der Waals surface area (Å²) in [5, 5.41) is 2.29. The summed E-state index contributed by atoms with van der Waals surface area (Å²) in [6.45, 7) is 0. The van der Waals surface area contributed by atoms with Crippen molar-refractivity contribution >= 4 is 21.9 Å². The van der Waals surface area contributed by atoms with Crippen LogP contribution >= 0.6 is 0 Å². The molecule has 0 fully saturated rings. The Morgan fingerprint density at radius 1 is 1.10 bits per heavy atom. The standard InChI is InChI=1S/C17H15N3O/c1-20-15-6-5-13(21-2)8-12(15)10-16(20)14-9-11-4-3-7-18-17(11)19-14/h3-10H,1-2H3,(H,18,19). The Morgan fingerprint density at radius 3 is 2.81 bits per heavy atom. The molecule has 0 atom stereocenters. The minimum absolute atomic E-state index is 0.873. The van der Waals surface area contributed by atoms with E-state index in [0.29, 0.717) is 0 Å². The van der Waals surface area contributed by atoms with Crippen LogP contribution in [0.5, 0.6) is 5.75 Å². The first-order valence-electron chi connectivity index (χ1n) is 6.84. The van der Waals surface area contributed by atoms with Gasteiger partial charge in [0.1, 0.15) is 11.4 Å². The average molecular weight is 277 g/mol. The van der Waals surface area contributed by atoms with Crippen LogP contribution in [-0.2, 0) is 7.05 Å². The summed E-state index contributed by atoms with van der Waals surface area (Å²) < 4.78 is 7.48. The molecule has 4 rings (SSSR count). The molecule has 0 aliphatic heterocycles. The number of nitrogens with one attached hydrogen (secondary N) is 1. The molecule has 0 saturated heterocycles. The lowest BCUT2D eigenvalue weighted by Crippen LogP contribution is -1.91. The zero-order valence-corrected chi connectivity index (χ0v) is 11.9. The summed E-state index contributed by atoms with van der Waals surface area (Å²) >= 11 is 0. The fourth-order valence-electron chi connectivity index (χ4n) is 2.81. The second-order valence-electron chi connectivity index (χ2n) is 5.14. The maximum Gasteiger partial charge on any atom is 0.137 e. The normalized spacial score (nSPS) is 11.3. The number of hydrogen-bond acceptors (Lipinski definition) is 2. The first-order chi connectivity index (χ1) is 10.3. The molecule has 4 nitrogen and oxygen atoms in total. The van der Waals surface area contributed by atoms with Crippen LogP contribution in [0.25, 0.3) is 33.3 Å². The quantitative estimate of drug-likeness (QED) is 0.606. The third-order valence-corrected chi connectivity index (χ3v) is 3.92. The summed E-state index contributed by atoms with van der Waals surface area (Å²) in [6.07, 6.45) is 1.80. The zero-order chi connectivity index (χ0) is 14.4. The number of methoxy groups -OCH3 is 1. The topological polar surface area (TPSA) is 42.8 Å². The lowest BCUT2D eigenvalue weighted by molar-refractivity contribution is 0.415. The van der Waals surface area contributed by atoms with E-state index < -0.39 is 0 Å². The summed E-state index contributed by atoms with van der Waals surface area (Å²) in [4.78, 5) is 7.73. The van der Waals surface area contributed by atoms with Gasteiger partial charge in [-0.25, -0.2) is 4.98 Å². The van der Waals surface area contributed by atoms with Crippen LogP contribution in [0.15, 0.2) is 48.7 Å². The molecule has 0 spiro atoms. The third kappa shape index (κ3) is 1.80. The number of fused-ring (bicyclic) bond motifs is 2. The van der Waals surface area contributed by atoms with Crippen molar-refractivity contribution in [1.29, 1.82) is 0 Å². The number of ether oxygens (including phenoxy) is 1. The second-order valence-corrected chi connectivity index (χ2v) is 5.14. The molecule has 1 N–H and O–H groups in total. The predicted octanol–water partition coefficient (Wildman–Crippen LogP) is 3.73. The Morgan fingerprint density at radius 2 is 2.00 bits per heavy atom. The first-order valence-corrected chi connectivity index (χ1v) is 6.84. The molecule has 0 radical (unpaired) electrons. The highest BCUT2D eigenvalue weighted by Crippen LogP contribution is 2.30. The van der Waals surface area contributed by atoms with Gasteiger partial charge < -0.3 is 14.3 Å². The molecule has 0 aliphatic rings. The molecule has 1 aromatic carbocycles. The highest BCUT2D eigenvalue weighted by Gasteiger charge is 2.11. The van der Waals surface area contributed by atoms with Gasteiger partial charge in [-0.15, -0.1) is 0 Å². The largest absolute Gasteiger partial charge is 0.497 e. The van der Waals surface area contributed by atoms with E-state index in [4.69, 9.17) is 4.74 Å². The summed E-state index contributed by atoms with van der Waals surface area (Å²) in [5.74, 6) is 0.873. The van der Waals surface area contributed by atoms with Crippen molar-refractivity contribution in [3.05, 3.63) is 48.7 Å². The molecule has 4 aromatic rings. The van der Waals surface area contributed by atoms with E-state index in [1.54, 1.807) is 13.3 Å². The van der Waals surface area contributed by atoms with Crippen LogP contribution in [0.3, 0.4) is 0 Å².